The van der Waals surface area contributed by atoms with Gasteiger partial charge < -0.3 is 15.5 Å². The van der Waals surface area contributed by atoms with Crippen molar-refractivity contribution >= 4 is 5.96 Å². The second-order valence-corrected chi connectivity index (χ2v) is 4.37. The van der Waals surface area contributed by atoms with Crippen LogP contribution in [0.15, 0.2) is 29.4 Å². The predicted molar refractivity (Wildman–Crippen MR) is 69.2 cm³/mol. The van der Waals surface area contributed by atoms with E-state index in [-0.39, 0.29) is 0 Å². The van der Waals surface area contributed by atoms with E-state index in [1.54, 1.807) is 6.08 Å². The summed E-state index contributed by atoms with van der Waals surface area (Å²) in [6, 6.07) is 0.581. The average Bonchev–Trinajstić information content (AvgIpc) is 2.66. The molecule has 4 heteroatoms. The van der Waals surface area contributed by atoms with Crippen molar-refractivity contribution < 1.29 is 0 Å². The van der Waals surface area contributed by atoms with Crippen LogP contribution >= 0.6 is 0 Å². The molecule has 1 heterocycles. The summed E-state index contributed by atoms with van der Waals surface area (Å²) in [5.41, 5.74) is 6.84. The molecule has 1 saturated heterocycles. The number of hydrogen-bond acceptors (Lipinski definition) is 2. The Kier molecular flexibility index (Phi) is 4.55. The molecule has 0 spiro atoms. The molecule has 0 aromatic rings. The molecule has 1 rings (SSSR count). The van der Waals surface area contributed by atoms with Gasteiger partial charge in [0.15, 0.2) is 5.96 Å². The second kappa shape index (κ2) is 5.70. The highest BCUT2D eigenvalue weighted by atomic mass is 15.3. The number of nitrogens with two attached hydrogens (primary N) is 1. The van der Waals surface area contributed by atoms with Gasteiger partial charge in [-0.25, -0.2) is 4.99 Å². The molecule has 2 N–H and O–H groups in total. The molecule has 1 atom stereocenters. The quantitative estimate of drug-likeness (QED) is 0.440. The minimum atomic E-state index is 0.581. The molecule has 0 amide bonds. The van der Waals surface area contributed by atoms with Crippen molar-refractivity contribution in [2.75, 3.05) is 27.2 Å². The largest absolute Gasteiger partial charge is 0.369 e. The van der Waals surface area contributed by atoms with E-state index in [9.17, 15) is 0 Å². The maximum absolute atomic E-state index is 5.95. The van der Waals surface area contributed by atoms with Gasteiger partial charge in [-0.1, -0.05) is 12.7 Å². The Hall–Kier alpha value is -1.29. The summed E-state index contributed by atoms with van der Waals surface area (Å²) in [6.45, 7) is 7.51. The van der Waals surface area contributed by atoms with Gasteiger partial charge in [-0.15, -0.1) is 0 Å². The number of nitrogens with zero attached hydrogens (tertiary/aromatic N) is 3. The molecule has 16 heavy (non-hydrogen) atoms. The summed E-state index contributed by atoms with van der Waals surface area (Å²) in [5.74, 6) is 0.611. The van der Waals surface area contributed by atoms with E-state index in [0.717, 1.165) is 25.2 Å². The van der Waals surface area contributed by atoms with Gasteiger partial charge in [0, 0.05) is 24.8 Å². The molecule has 0 bridgehead atoms. The van der Waals surface area contributed by atoms with Crippen molar-refractivity contribution in [3.8, 4) is 0 Å². The Morgan fingerprint density at radius 3 is 2.75 bits per heavy atom. The van der Waals surface area contributed by atoms with Crippen LogP contribution in [-0.2, 0) is 0 Å². The van der Waals surface area contributed by atoms with Crippen molar-refractivity contribution in [1.82, 2.24) is 9.80 Å². The first-order chi connectivity index (χ1) is 7.54. The zero-order valence-corrected chi connectivity index (χ0v) is 10.5. The highest BCUT2D eigenvalue weighted by Gasteiger charge is 2.24. The van der Waals surface area contributed by atoms with Gasteiger partial charge >= 0.3 is 0 Å². The Morgan fingerprint density at radius 2 is 2.25 bits per heavy atom. The van der Waals surface area contributed by atoms with Crippen LogP contribution in [0.2, 0.25) is 0 Å². The minimum absolute atomic E-state index is 0.581. The van der Waals surface area contributed by atoms with Crippen LogP contribution in [0.4, 0.5) is 0 Å². The third-order valence-corrected chi connectivity index (χ3v) is 2.87. The predicted octanol–water partition coefficient (Wildman–Crippen LogP) is 1.03. The summed E-state index contributed by atoms with van der Waals surface area (Å²) in [5, 5.41) is 0. The zero-order chi connectivity index (χ0) is 12.1. The molecule has 0 aliphatic carbocycles. The fourth-order valence-corrected chi connectivity index (χ4v) is 1.83. The molecule has 90 valence electrons. The molecule has 0 aromatic heterocycles. The molecular weight excluding hydrogens is 200 g/mol. The first kappa shape index (κ1) is 12.8. The number of likely N-dealkylation sites (N-methyl/N-ethyl adjacent to an activating group) is 1. The normalized spacial score (nSPS) is 23.0. The van der Waals surface area contributed by atoms with E-state index in [4.69, 9.17) is 5.73 Å². The van der Waals surface area contributed by atoms with E-state index in [0.29, 0.717) is 12.0 Å². The van der Waals surface area contributed by atoms with Crippen molar-refractivity contribution in [3.05, 3.63) is 24.4 Å². The van der Waals surface area contributed by atoms with E-state index in [2.05, 4.69) is 35.5 Å². The molecule has 4 nitrogen and oxygen atoms in total. The first-order valence-corrected chi connectivity index (χ1v) is 5.59. The van der Waals surface area contributed by atoms with Crippen LogP contribution in [0, 0.1) is 0 Å². The van der Waals surface area contributed by atoms with Crippen LogP contribution in [0.25, 0.3) is 0 Å². The van der Waals surface area contributed by atoms with Gasteiger partial charge in [-0.3, -0.25) is 0 Å². The lowest BCUT2D eigenvalue weighted by Crippen LogP contribution is -2.38. The molecule has 0 saturated carbocycles. The van der Waals surface area contributed by atoms with Gasteiger partial charge in [0.1, 0.15) is 0 Å². The maximum Gasteiger partial charge on any atom is 0.196 e. The van der Waals surface area contributed by atoms with E-state index in [1.807, 2.05) is 13.0 Å². The van der Waals surface area contributed by atoms with Gasteiger partial charge in [0.05, 0.1) is 0 Å². The molecule has 1 aliphatic heterocycles. The Balaban J connectivity index is 2.60. The lowest BCUT2D eigenvalue weighted by atomic mass is 10.2. The Bertz CT molecular complexity index is 304. The fourth-order valence-electron chi connectivity index (χ4n) is 1.83. The van der Waals surface area contributed by atoms with Gasteiger partial charge in [0.2, 0.25) is 0 Å². The summed E-state index contributed by atoms with van der Waals surface area (Å²) < 4.78 is 0. The topological polar surface area (TPSA) is 44.9 Å². The van der Waals surface area contributed by atoms with Crippen LogP contribution in [-0.4, -0.2) is 49.0 Å². The number of guanidine groups is 1. The highest BCUT2D eigenvalue weighted by molar-refractivity contribution is 5.79. The molecule has 0 aromatic carbocycles. The monoisotopic (exact) mass is 222 g/mol. The van der Waals surface area contributed by atoms with Gasteiger partial charge in [0.25, 0.3) is 0 Å². The Morgan fingerprint density at radius 1 is 1.56 bits per heavy atom. The summed E-state index contributed by atoms with van der Waals surface area (Å²) >= 11 is 0. The van der Waals surface area contributed by atoms with Crippen LogP contribution in [0.3, 0.4) is 0 Å². The SMILES string of the molecule is C=C/C=C(/C)N=C(N)N1CC[C@@H](N(C)C)C1. The maximum atomic E-state index is 5.95. The number of allylic oxidation sites excluding steroid dienone is 3. The average molecular weight is 222 g/mol. The van der Waals surface area contributed by atoms with E-state index in [1.165, 1.54) is 0 Å². The minimum Gasteiger partial charge on any atom is -0.369 e. The van der Waals surface area contributed by atoms with Crippen molar-refractivity contribution in [1.29, 1.82) is 0 Å². The van der Waals surface area contributed by atoms with Gasteiger partial charge in [-0.2, -0.15) is 0 Å². The lowest BCUT2D eigenvalue weighted by Gasteiger charge is -2.20. The van der Waals surface area contributed by atoms with E-state index >= 15 is 0 Å². The lowest BCUT2D eigenvalue weighted by molar-refractivity contribution is 0.300. The van der Waals surface area contributed by atoms with Gasteiger partial charge in [-0.05, 0) is 33.5 Å². The smallest absolute Gasteiger partial charge is 0.196 e. The number of rotatable bonds is 3. The third kappa shape index (κ3) is 3.38. The standard InChI is InChI=1S/C12H22N4/c1-5-6-10(2)14-12(13)16-8-7-11(9-16)15(3)4/h5-6,11H,1,7-9H2,2-4H3,(H2,13,14)/b10-6-/t11-/m1/s1. The van der Waals surface area contributed by atoms with Crippen molar-refractivity contribution in [2.24, 2.45) is 10.7 Å². The van der Waals surface area contributed by atoms with Crippen LogP contribution < -0.4 is 5.73 Å². The number of aliphatic imine (C=N–C) groups is 1. The van der Waals surface area contributed by atoms with Crippen molar-refractivity contribution in [3.63, 3.8) is 0 Å². The summed E-state index contributed by atoms with van der Waals surface area (Å²) in [4.78, 5) is 8.70. The summed E-state index contributed by atoms with van der Waals surface area (Å²) in [7, 11) is 4.20. The molecule has 1 fully saturated rings. The molecular formula is C12H22N4. The number of hydrogen-bond donors (Lipinski definition) is 1. The highest BCUT2D eigenvalue weighted by Crippen LogP contribution is 2.13. The number of likely N-dealkylation sites (tertiary alicyclic amines) is 1. The molecule has 0 unspecified atom stereocenters. The van der Waals surface area contributed by atoms with Crippen molar-refractivity contribution in [2.45, 2.75) is 19.4 Å². The molecule has 1 aliphatic rings. The Labute approximate surface area is 98.1 Å². The third-order valence-electron chi connectivity index (χ3n) is 2.87. The van der Waals surface area contributed by atoms with Crippen LogP contribution in [0.5, 0.6) is 0 Å². The van der Waals surface area contributed by atoms with E-state index < -0.39 is 0 Å². The summed E-state index contributed by atoms with van der Waals surface area (Å²) in [6.07, 6.45) is 4.72. The zero-order valence-electron chi connectivity index (χ0n) is 10.5. The first-order valence-electron chi connectivity index (χ1n) is 5.59. The molecule has 0 radical (unpaired) electrons. The second-order valence-electron chi connectivity index (χ2n) is 4.37. The fraction of sp³-hybridized carbons (Fsp3) is 0.583. The van der Waals surface area contributed by atoms with Crippen LogP contribution in [0.1, 0.15) is 13.3 Å².